The largest absolute Gasteiger partial charge is 0.410 e. The van der Waals surface area contributed by atoms with E-state index in [1.165, 1.54) is 5.56 Å². The van der Waals surface area contributed by atoms with Crippen LogP contribution in [0.1, 0.15) is 17.9 Å². The standard InChI is InChI=1S/C18H16N3O3/c19-18(22)23-15-11-5-4-10-14(15)17-20-16(24-21-17)12-6-9-13-7-2-1-3-8-13/h1-5,7-8,10-12H,6,9H2,(H2,19,22). The first-order valence-electron chi connectivity index (χ1n) is 7.50. The number of para-hydroxylation sites is 1. The molecule has 2 aromatic carbocycles. The molecule has 121 valence electrons. The summed E-state index contributed by atoms with van der Waals surface area (Å²) < 4.78 is 10.2. The second-order valence-corrected chi connectivity index (χ2v) is 5.10. The molecule has 0 fully saturated rings. The van der Waals surface area contributed by atoms with Crippen LogP contribution in [0.25, 0.3) is 11.4 Å². The van der Waals surface area contributed by atoms with E-state index in [0.29, 0.717) is 23.0 Å². The van der Waals surface area contributed by atoms with Crippen molar-refractivity contribution < 1.29 is 14.1 Å². The summed E-state index contributed by atoms with van der Waals surface area (Å²) in [7, 11) is 0. The van der Waals surface area contributed by atoms with Crippen molar-refractivity contribution in [2.75, 3.05) is 0 Å². The number of hydrogen-bond donors (Lipinski definition) is 1. The first-order valence-corrected chi connectivity index (χ1v) is 7.50. The maximum absolute atomic E-state index is 11.0. The summed E-state index contributed by atoms with van der Waals surface area (Å²) in [5, 5.41) is 3.93. The number of benzene rings is 2. The van der Waals surface area contributed by atoms with Crippen molar-refractivity contribution in [1.29, 1.82) is 0 Å². The van der Waals surface area contributed by atoms with E-state index < -0.39 is 6.09 Å². The lowest BCUT2D eigenvalue weighted by Gasteiger charge is -2.04. The SMILES string of the molecule is NC(=O)Oc1ccccc1-c1noc([CH]CCc2ccccc2)n1. The smallest absolute Gasteiger partial charge is 0.409 e. The Morgan fingerprint density at radius 1 is 1.12 bits per heavy atom. The fourth-order valence-electron chi connectivity index (χ4n) is 2.28. The zero-order chi connectivity index (χ0) is 16.8. The monoisotopic (exact) mass is 322 g/mol. The van der Waals surface area contributed by atoms with Crippen molar-refractivity contribution in [2.24, 2.45) is 5.73 Å². The molecule has 2 N–H and O–H groups in total. The van der Waals surface area contributed by atoms with Crippen LogP contribution in [0.15, 0.2) is 59.1 Å². The number of aryl methyl sites for hydroxylation is 1. The number of hydrogen-bond acceptors (Lipinski definition) is 5. The Hall–Kier alpha value is -3.15. The summed E-state index contributed by atoms with van der Waals surface area (Å²) in [5.74, 6) is 1.06. The molecule has 6 heteroatoms. The van der Waals surface area contributed by atoms with E-state index >= 15 is 0 Å². The van der Waals surface area contributed by atoms with Gasteiger partial charge in [0, 0.05) is 0 Å². The summed E-state index contributed by atoms with van der Waals surface area (Å²) in [6, 6.07) is 17.0. The molecule has 0 aliphatic rings. The van der Waals surface area contributed by atoms with Crippen molar-refractivity contribution >= 4 is 6.09 Å². The number of ether oxygens (including phenoxy) is 1. The maximum Gasteiger partial charge on any atom is 0.409 e. The van der Waals surface area contributed by atoms with Crippen LogP contribution >= 0.6 is 0 Å². The Balaban J connectivity index is 1.66. The Morgan fingerprint density at radius 3 is 2.67 bits per heavy atom. The fraction of sp³-hybridized carbons (Fsp3) is 0.111. The Bertz CT molecular complexity index is 815. The first-order chi connectivity index (χ1) is 11.7. The molecular weight excluding hydrogens is 306 g/mol. The third-order valence-electron chi connectivity index (χ3n) is 3.38. The molecule has 1 radical (unpaired) electrons. The highest BCUT2D eigenvalue weighted by molar-refractivity contribution is 5.73. The third kappa shape index (κ3) is 3.98. The summed E-state index contributed by atoms with van der Waals surface area (Å²) in [6.45, 7) is 0. The summed E-state index contributed by atoms with van der Waals surface area (Å²) in [4.78, 5) is 15.3. The van der Waals surface area contributed by atoms with E-state index in [0.717, 1.165) is 12.8 Å². The van der Waals surface area contributed by atoms with Crippen LogP contribution in [0, 0.1) is 6.42 Å². The zero-order valence-corrected chi connectivity index (χ0v) is 12.9. The summed E-state index contributed by atoms with van der Waals surface area (Å²) in [5.41, 5.74) is 6.85. The van der Waals surface area contributed by atoms with Gasteiger partial charge in [0.2, 0.25) is 11.7 Å². The van der Waals surface area contributed by atoms with E-state index in [2.05, 4.69) is 22.3 Å². The third-order valence-corrected chi connectivity index (χ3v) is 3.38. The van der Waals surface area contributed by atoms with Gasteiger partial charge < -0.3 is 15.0 Å². The van der Waals surface area contributed by atoms with Gasteiger partial charge in [-0.1, -0.05) is 47.6 Å². The maximum atomic E-state index is 11.0. The van der Waals surface area contributed by atoms with E-state index in [9.17, 15) is 4.79 Å². The molecule has 0 spiro atoms. The lowest BCUT2D eigenvalue weighted by Crippen LogP contribution is -2.16. The van der Waals surface area contributed by atoms with Gasteiger partial charge >= 0.3 is 6.09 Å². The fourth-order valence-corrected chi connectivity index (χ4v) is 2.28. The topological polar surface area (TPSA) is 91.2 Å². The van der Waals surface area contributed by atoms with Gasteiger partial charge in [-0.25, -0.2) is 4.79 Å². The second kappa shape index (κ2) is 7.41. The normalized spacial score (nSPS) is 10.5. The molecule has 1 amide bonds. The van der Waals surface area contributed by atoms with Gasteiger partial charge in [-0.15, -0.1) is 0 Å². The molecule has 24 heavy (non-hydrogen) atoms. The number of nitrogens with two attached hydrogens (primary N) is 1. The van der Waals surface area contributed by atoms with Gasteiger partial charge in [-0.2, -0.15) is 4.98 Å². The van der Waals surface area contributed by atoms with Crippen LogP contribution in [0.5, 0.6) is 5.75 Å². The number of nitrogens with zero attached hydrogens (tertiary/aromatic N) is 2. The molecule has 0 saturated carbocycles. The Kier molecular flexibility index (Phi) is 4.86. The minimum atomic E-state index is -0.888. The van der Waals surface area contributed by atoms with Crippen LogP contribution < -0.4 is 10.5 Å². The van der Waals surface area contributed by atoms with Crippen molar-refractivity contribution in [2.45, 2.75) is 12.8 Å². The molecule has 0 saturated heterocycles. The highest BCUT2D eigenvalue weighted by Gasteiger charge is 2.14. The minimum Gasteiger partial charge on any atom is -0.410 e. The predicted molar refractivity (Wildman–Crippen MR) is 88.1 cm³/mol. The van der Waals surface area contributed by atoms with Crippen molar-refractivity contribution in [3.8, 4) is 17.1 Å². The van der Waals surface area contributed by atoms with Gasteiger partial charge in [0.15, 0.2) is 0 Å². The van der Waals surface area contributed by atoms with E-state index in [4.69, 9.17) is 15.0 Å². The van der Waals surface area contributed by atoms with Crippen molar-refractivity contribution in [3.63, 3.8) is 0 Å². The Labute approximate surface area is 139 Å². The average molecular weight is 322 g/mol. The minimum absolute atomic E-state index is 0.293. The molecule has 1 aromatic heterocycles. The van der Waals surface area contributed by atoms with Gasteiger partial charge in [-0.3, -0.25) is 0 Å². The molecule has 0 aliphatic carbocycles. The van der Waals surface area contributed by atoms with Crippen LogP contribution in [-0.4, -0.2) is 16.2 Å². The molecule has 1 heterocycles. The number of primary amides is 1. The molecular formula is C18H16N3O3. The van der Waals surface area contributed by atoms with E-state index in [1.54, 1.807) is 24.3 Å². The quantitative estimate of drug-likeness (QED) is 0.751. The first kappa shape index (κ1) is 15.7. The molecule has 0 aliphatic heterocycles. The van der Waals surface area contributed by atoms with Crippen LogP contribution in [0.2, 0.25) is 0 Å². The van der Waals surface area contributed by atoms with Gasteiger partial charge in [0.05, 0.1) is 12.0 Å². The van der Waals surface area contributed by atoms with Gasteiger partial charge in [-0.05, 0) is 30.5 Å². The van der Waals surface area contributed by atoms with Crippen molar-refractivity contribution in [3.05, 3.63) is 72.5 Å². The molecule has 0 unspecified atom stereocenters. The zero-order valence-electron chi connectivity index (χ0n) is 12.9. The summed E-state index contributed by atoms with van der Waals surface area (Å²) in [6.07, 6.45) is 2.66. The van der Waals surface area contributed by atoms with Gasteiger partial charge in [0.1, 0.15) is 5.75 Å². The molecule has 3 rings (SSSR count). The van der Waals surface area contributed by atoms with Crippen LogP contribution in [-0.2, 0) is 6.42 Å². The Morgan fingerprint density at radius 2 is 1.88 bits per heavy atom. The summed E-state index contributed by atoms with van der Waals surface area (Å²) >= 11 is 0. The highest BCUT2D eigenvalue weighted by atomic mass is 16.5. The average Bonchev–Trinajstić information content (AvgIpc) is 3.04. The predicted octanol–water partition coefficient (Wildman–Crippen LogP) is 3.38. The number of amides is 1. The lowest BCUT2D eigenvalue weighted by molar-refractivity contribution is 0.211. The number of carbonyl (C=O) groups excluding carboxylic acids is 1. The highest BCUT2D eigenvalue weighted by Crippen LogP contribution is 2.27. The molecule has 3 aromatic rings. The van der Waals surface area contributed by atoms with Gasteiger partial charge in [0.25, 0.3) is 0 Å². The molecule has 0 bridgehead atoms. The molecule has 0 atom stereocenters. The van der Waals surface area contributed by atoms with Crippen LogP contribution in [0.3, 0.4) is 0 Å². The number of rotatable bonds is 6. The van der Waals surface area contributed by atoms with E-state index in [1.807, 2.05) is 24.6 Å². The number of carbonyl (C=O) groups is 1. The van der Waals surface area contributed by atoms with Crippen LogP contribution in [0.4, 0.5) is 4.79 Å². The second-order valence-electron chi connectivity index (χ2n) is 5.10. The molecule has 6 nitrogen and oxygen atoms in total. The lowest BCUT2D eigenvalue weighted by atomic mass is 10.1. The van der Waals surface area contributed by atoms with E-state index in [-0.39, 0.29) is 0 Å². The number of aromatic nitrogens is 2. The van der Waals surface area contributed by atoms with Crippen molar-refractivity contribution in [1.82, 2.24) is 10.1 Å².